The third kappa shape index (κ3) is 4.06. The van der Waals surface area contributed by atoms with E-state index in [0.29, 0.717) is 33.7 Å². The Morgan fingerprint density at radius 2 is 1.59 bits per heavy atom. The molecule has 3 aromatic rings. The van der Waals surface area contributed by atoms with E-state index in [1.54, 1.807) is 39.5 Å². The lowest BCUT2D eigenvalue weighted by Gasteiger charge is -2.12. The summed E-state index contributed by atoms with van der Waals surface area (Å²) in [6, 6.07) is 11.4. The van der Waals surface area contributed by atoms with Crippen molar-refractivity contribution in [3.63, 3.8) is 0 Å². The summed E-state index contributed by atoms with van der Waals surface area (Å²) in [5, 5.41) is 8.46. The van der Waals surface area contributed by atoms with Gasteiger partial charge < -0.3 is 18.6 Å². The molecule has 0 fully saturated rings. The van der Waals surface area contributed by atoms with E-state index < -0.39 is 0 Å². The fourth-order valence-electron chi connectivity index (χ4n) is 2.51. The molecule has 0 saturated carbocycles. The molecule has 0 radical (unpaired) electrons. The van der Waals surface area contributed by atoms with Gasteiger partial charge in [0.1, 0.15) is 5.03 Å². The molecule has 1 aromatic heterocycles. The van der Waals surface area contributed by atoms with Crippen LogP contribution < -0.4 is 14.2 Å². The summed E-state index contributed by atoms with van der Waals surface area (Å²) < 4.78 is 21.7. The fourth-order valence-corrected chi connectivity index (χ4v) is 2.71. The number of aromatic nitrogens is 2. The number of methoxy groups -OCH3 is 3. The molecule has 0 atom stereocenters. The third-order valence-electron chi connectivity index (χ3n) is 3.91. The lowest BCUT2D eigenvalue weighted by molar-refractivity contribution is 0.324. The minimum absolute atomic E-state index is 0.223. The average molecular weight is 387 g/mol. The van der Waals surface area contributed by atoms with Crippen LogP contribution in [0.2, 0.25) is 0 Å². The van der Waals surface area contributed by atoms with Crippen molar-refractivity contribution in [2.75, 3.05) is 21.3 Å². The van der Waals surface area contributed by atoms with Crippen molar-refractivity contribution in [3.8, 4) is 28.7 Å². The molecule has 0 aliphatic heterocycles. The predicted octanol–water partition coefficient (Wildman–Crippen LogP) is 4.81. The van der Waals surface area contributed by atoms with Gasteiger partial charge in [0.25, 0.3) is 5.89 Å². The van der Waals surface area contributed by atoms with Gasteiger partial charge >= 0.3 is 0 Å². The van der Waals surface area contributed by atoms with Gasteiger partial charge in [-0.1, -0.05) is 41.4 Å². The van der Waals surface area contributed by atoms with Gasteiger partial charge in [-0.05, 0) is 30.7 Å². The van der Waals surface area contributed by atoms with E-state index in [-0.39, 0.29) is 5.89 Å². The Morgan fingerprint density at radius 1 is 0.963 bits per heavy atom. The van der Waals surface area contributed by atoms with Crippen LogP contribution in [0.15, 0.2) is 40.8 Å². The normalized spacial score (nSPS) is 11.4. The number of ether oxygens (including phenoxy) is 3. The Morgan fingerprint density at radius 3 is 2.15 bits per heavy atom. The number of nitrogens with zero attached hydrogens (tertiary/aromatic N) is 2. The molecule has 2 aromatic carbocycles. The molecule has 0 bridgehead atoms. The molecule has 0 aliphatic rings. The third-order valence-corrected chi connectivity index (χ3v) is 4.18. The zero-order valence-electron chi connectivity index (χ0n) is 15.4. The van der Waals surface area contributed by atoms with Crippen molar-refractivity contribution in [3.05, 3.63) is 53.4 Å². The highest BCUT2D eigenvalue weighted by Gasteiger charge is 2.18. The van der Waals surface area contributed by atoms with Crippen LogP contribution >= 0.6 is 11.6 Å². The second-order valence-corrected chi connectivity index (χ2v) is 6.14. The first kappa shape index (κ1) is 18.8. The monoisotopic (exact) mass is 386 g/mol. The summed E-state index contributed by atoms with van der Waals surface area (Å²) in [5.41, 5.74) is 2.74. The molecule has 0 saturated heterocycles. The van der Waals surface area contributed by atoms with E-state index in [4.69, 9.17) is 30.2 Å². The number of rotatable bonds is 6. The van der Waals surface area contributed by atoms with Gasteiger partial charge in [-0.15, -0.1) is 10.2 Å². The van der Waals surface area contributed by atoms with Gasteiger partial charge in [-0.3, -0.25) is 0 Å². The molecule has 140 valence electrons. The SMILES string of the molecule is COc1cc(-c2nnc(/C(Cl)=C/c3ccc(C)cc3)o2)cc(OC)c1OC. The fraction of sp³-hybridized carbons (Fsp3) is 0.200. The molecule has 0 aliphatic carbocycles. The van der Waals surface area contributed by atoms with E-state index >= 15 is 0 Å². The van der Waals surface area contributed by atoms with Crippen molar-refractivity contribution in [2.45, 2.75) is 6.92 Å². The summed E-state index contributed by atoms with van der Waals surface area (Å²) in [6.45, 7) is 2.02. The van der Waals surface area contributed by atoms with E-state index in [0.717, 1.165) is 5.56 Å². The summed E-state index contributed by atoms with van der Waals surface area (Å²) in [6.07, 6.45) is 1.77. The van der Waals surface area contributed by atoms with Crippen LogP contribution in [-0.2, 0) is 0 Å². The van der Waals surface area contributed by atoms with Crippen molar-refractivity contribution in [1.29, 1.82) is 0 Å². The first-order valence-electron chi connectivity index (χ1n) is 8.13. The highest BCUT2D eigenvalue weighted by atomic mass is 35.5. The molecule has 27 heavy (non-hydrogen) atoms. The number of hydrogen-bond acceptors (Lipinski definition) is 6. The molecule has 0 amide bonds. The van der Waals surface area contributed by atoms with Gasteiger partial charge in [0, 0.05) is 5.56 Å². The predicted molar refractivity (Wildman–Crippen MR) is 104 cm³/mol. The van der Waals surface area contributed by atoms with Gasteiger partial charge in [0.2, 0.25) is 11.6 Å². The summed E-state index contributed by atoms with van der Waals surface area (Å²) >= 11 is 6.34. The van der Waals surface area contributed by atoms with Crippen LogP contribution in [0.3, 0.4) is 0 Å². The highest BCUT2D eigenvalue weighted by Crippen LogP contribution is 2.41. The number of hydrogen-bond donors (Lipinski definition) is 0. The molecule has 0 spiro atoms. The van der Waals surface area contributed by atoms with Crippen molar-refractivity contribution in [2.24, 2.45) is 0 Å². The minimum atomic E-state index is 0.223. The Kier molecular flexibility index (Phi) is 5.66. The van der Waals surface area contributed by atoms with Crippen LogP contribution in [0.1, 0.15) is 17.0 Å². The van der Waals surface area contributed by atoms with Gasteiger partial charge in [-0.25, -0.2) is 0 Å². The molecule has 6 nitrogen and oxygen atoms in total. The second-order valence-electron chi connectivity index (χ2n) is 5.73. The van der Waals surface area contributed by atoms with Crippen molar-refractivity contribution in [1.82, 2.24) is 10.2 Å². The van der Waals surface area contributed by atoms with E-state index in [1.165, 1.54) is 5.56 Å². The molecular formula is C20H19ClN2O4. The minimum Gasteiger partial charge on any atom is -0.493 e. The average Bonchev–Trinajstić information content (AvgIpc) is 3.19. The first-order chi connectivity index (χ1) is 13.0. The van der Waals surface area contributed by atoms with E-state index in [1.807, 2.05) is 31.2 Å². The van der Waals surface area contributed by atoms with E-state index in [9.17, 15) is 0 Å². The lowest BCUT2D eigenvalue weighted by atomic mass is 10.1. The van der Waals surface area contributed by atoms with Gasteiger partial charge in [-0.2, -0.15) is 0 Å². The number of benzene rings is 2. The summed E-state index contributed by atoms with van der Waals surface area (Å²) in [5.74, 6) is 1.99. The Balaban J connectivity index is 1.94. The van der Waals surface area contributed by atoms with Gasteiger partial charge in [0.05, 0.1) is 21.3 Å². The highest BCUT2D eigenvalue weighted by molar-refractivity contribution is 6.50. The Labute approximate surface area is 162 Å². The lowest BCUT2D eigenvalue weighted by Crippen LogP contribution is -1.95. The molecule has 7 heteroatoms. The van der Waals surface area contributed by atoms with Gasteiger partial charge in [0.15, 0.2) is 11.5 Å². The number of halogens is 1. The summed E-state index contributed by atoms with van der Waals surface area (Å²) in [7, 11) is 4.63. The summed E-state index contributed by atoms with van der Waals surface area (Å²) in [4.78, 5) is 0. The quantitative estimate of drug-likeness (QED) is 0.605. The topological polar surface area (TPSA) is 66.6 Å². The maximum Gasteiger partial charge on any atom is 0.259 e. The number of aryl methyl sites for hydroxylation is 1. The maximum absolute atomic E-state index is 6.34. The van der Waals surface area contributed by atoms with Crippen molar-refractivity contribution < 1.29 is 18.6 Å². The smallest absolute Gasteiger partial charge is 0.259 e. The molecular weight excluding hydrogens is 368 g/mol. The largest absolute Gasteiger partial charge is 0.493 e. The van der Waals surface area contributed by atoms with Crippen LogP contribution in [0.5, 0.6) is 17.2 Å². The Hall–Kier alpha value is -2.99. The zero-order valence-corrected chi connectivity index (χ0v) is 16.2. The first-order valence-corrected chi connectivity index (χ1v) is 8.51. The zero-order chi connectivity index (χ0) is 19.4. The van der Waals surface area contributed by atoms with Crippen LogP contribution in [-0.4, -0.2) is 31.5 Å². The van der Waals surface area contributed by atoms with E-state index in [2.05, 4.69) is 10.2 Å². The van der Waals surface area contributed by atoms with Crippen molar-refractivity contribution >= 4 is 22.7 Å². The molecule has 3 rings (SSSR count). The maximum atomic E-state index is 6.34. The second kappa shape index (κ2) is 8.14. The molecule has 1 heterocycles. The van der Waals surface area contributed by atoms with Crippen LogP contribution in [0.4, 0.5) is 0 Å². The molecule has 0 unspecified atom stereocenters. The standard InChI is InChI=1S/C20H19ClN2O4/c1-12-5-7-13(8-6-12)9-15(21)20-23-22-19(27-20)14-10-16(24-2)18(26-4)17(11-14)25-3/h5-11H,1-4H3/b15-9-. The molecule has 0 N–H and O–H groups in total. The Bertz CT molecular complexity index is 939. The van der Waals surface area contributed by atoms with Crippen LogP contribution in [0, 0.1) is 6.92 Å². The van der Waals surface area contributed by atoms with Crippen LogP contribution in [0.25, 0.3) is 22.6 Å².